The van der Waals surface area contributed by atoms with Crippen molar-refractivity contribution < 1.29 is 34.7 Å². The standard InChI is InChI=1S/C10H19NOS2.Na/c1-9(2)5-7(12)6-10(3,4)11(9)8(13)14;/h7,12H,5-6H2,1-4H3,(H,13,14);/q;+1/p-1. The Labute approximate surface area is 125 Å². The van der Waals surface area contributed by atoms with E-state index in [1.54, 1.807) is 0 Å². The first-order valence-corrected chi connectivity index (χ1v) is 5.68. The van der Waals surface area contributed by atoms with Crippen LogP contribution in [0.4, 0.5) is 0 Å². The SMILES string of the molecule is CC1(C)CC(O)CC(C)(C)N1C(=S)[S-].[Na+]. The van der Waals surface area contributed by atoms with Crippen molar-refractivity contribution in [3.8, 4) is 0 Å². The molecule has 1 saturated heterocycles. The Morgan fingerprint density at radius 2 is 1.60 bits per heavy atom. The zero-order chi connectivity index (χ0) is 11.1. The molecule has 1 fully saturated rings. The van der Waals surface area contributed by atoms with Gasteiger partial charge in [-0.05, 0) is 40.5 Å². The van der Waals surface area contributed by atoms with E-state index in [-0.39, 0.29) is 46.7 Å². The molecule has 0 amide bonds. The maximum absolute atomic E-state index is 9.78. The number of nitrogens with zero attached hydrogens (tertiary/aromatic N) is 1. The topological polar surface area (TPSA) is 23.5 Å². The van der Waals surface area contributed by atoms with Gasteiger partial charge >= 0.3 is 29.6 Å². The van der Waals surface area contributed by atoms with Crippen LogP contribution in [-0.2, 0) is 12.6 Å². The van der Waals surface area contributed by atoms with Crippen LogP contribution in [0.2, 0.25) is 0 Å². The molecule has 0 saturated carbocycles. The first kappa shape index (κ1) is 16.1. The van der Waals surface area contributed by atoms with E-state index in [4.69, 9.17) is 24.8 Å². The molecule has 5 heteroatoms. The molecule has 0 spiro atoms. The number of hydrogen-bond acceptors (Lipinski definition) is 3. The average Bonchev–Trinajstić information content (AvgIpc) is 1.75. The summed E-state index contributed by atoms with van der Waals surface area (Å²) in [5.41, 5.74) is -0.278. The number of piperidine rings is 1. The van der Waals surface area contributed by atoms with Crippen molar-refractivity contribution in [1.82, 2.24) is 4.90 Å². The van der Waals surface area contributed by atoms with Crippen LogP contribution >= 0.6 is 12.2 Å². The van der Waals surface area contributed by atoms with Gasteiger partial charge in [0, 0.05) is 11.1 Å². The fourth-order valence-electron chi connectivity index (χ4n) is 2.72. The van der Waals surface area contributed by atoms with Gasteiger partial charge in [0.1, 0.15) is 0 Å². The monoisotopic (exact) mass is 255 g/mol. The third-order valence-electron chi connectivity index (χ3n) is 2.86. The third-order valence-corrected chi connectivity index (χ3v) is 3.23. The molecule has 0 aromatic rings. The minimum atomic E-state index is -0.249. The number of aliphatic hydroxyl groups excluding tert-OH is 1. The van der Waals surface area contributed by atoms with Gasteiger partial charge in [-0.2, -0.15) is 0 Å². The fraction of sp³-hybridized carbons (Fsp3) is 0.900. The van der Waals surface area contributed by atoms with Crippen molar-refractivity contribution in [2.45, 2.75) is 57.7 Å². The predicted molar refractivity (Wildman–Crippen MR) is 65.2 cm³/mol. The van der Waals surface area contributed by atoms with E-state index >= 15 is 0 Å². The van der Waals surface area contributed by atoms with E-state index in [1.165, 1.54) is 0 Å². The summed E-state index contributed by atoms with van der Waals surface area (Å²) in [6.07, 6.45) is 1.21. The van der Waals surface area contributed by atoms with Gasteiger partial charge in [-0.15, -0.1) is 0 Å². The van der Waals surface area contributed by atoms with Crippen LogP contribution in [0.5, 0.6) is 0 Å². The zero-order valence-electron chi connectivity index (χ0n) is 10.2. The Morgan fingerprint density at radius 3 is 1.87 bits per heavy atom. The van der Waals surface area contributed by atoms with Crippen LogP contribution in [0.25, 0.3) is 0 Å². The number of rotatable bonds is 0. The number of aliphatic hydroxyl groups is 1. The molecule has 1 heterocycles. The van der Waals surface area contributed by atoms with E-state index in [0.717, 1.165) is 12.8 Å². The molecule has 0 radical (unpaired) electrons. The fourth-order valence-corrected chi connectivity index (χ4v) is 3.71. The Morgan fingerprint density at radius 1 is 1.27 bits per heavy atom. The molecule has 0 unspecified atom stereocenters. The summed E-state index contributed by atoms with van der Waals surface area (Å²) in [5.74, 6) is 0. The van der Waals surface area contributed by atoms with Crippen molar-refractivity contribution in [1.29, 1.82) is 0 Å². The summed E-state index contributed by atoms with van der Waals surface area (Å²) in [6.45, 7) is 8.32. The summed E-state index contributed by atoms with van der Waals surface area (Å²) >= 11 is 10.2. The van der Waals surface area contributed by atoms with Crippen LogP contribution in [-0.4, -0.2) is 31.5 Å². The second-order valence-corrected chi connectivity index (χ2v) is 6.32. The molecule has 2 nitrogen and oxygen atoms in total. The van der Waals surface area contributed by atoms with Crippen molar-refractivity contribution in [2.24, 2.45) is 0 Å². The van der Waals surface area contributed by atoms with Gasteiger partial charge in [0.25, 0.3) is 0 Å². The molecular weight excluding hydrogens is 237 g/mol. The summed E-state index contributed by atoms with van der Waals surface area (Å²) in [7, 11) is 0. The van der Waals surface area contributed by atoms with Crippen molar-refractivity contribution in [3.63, 3.8) is 0 Å². The molecule has 0 aliphatic carbocycles. The van der Waals surface area contributed by atoms with E-state index in [9.17, 15) is 5.11 Å². The summed E-state index contributed by atoms with van der Waals surface area (Å²) in [6, 6.07) is 0. The van der Waals surface area contributed by atoms with Crippen LogP contribution in [0.15, 0.2) is 0 Å². The third kappa shape index (κ3) is 3.51. The van der Waals surface area contributed by atoms with Gasteiger partial charge in [-0.3, -0.25) is 0 Å². The van der Waals surface area contributed by atoms with Gasteiger partial charge in [0.2, 0.25) is 0 Å². The number of hydrogen-bond donors (Lipinski definition) is 1. The molecule has 0 atom stereocenters. The summed E-state index contributed by atoms with van der Waals surface area (Å²) < 4.78 is 0.506. The van der Waals surface area contributed by atoms with Gasteiger partial charge < -0.3 is 34.9 Å². The minimum Gasteiger partial charge on any atom is -0.411 e. The number of likely N-dealkylation sites (tertiary alicyclic amines) is 1. The molecule has 0 aromatic carbocycles. The largest absolute Gasteiger partial charge is 1.00 e. The predicted octanol–water partition coefficient (Wildman–Crippen LogP) is -1.16. The van der Waals surface area contributed by atoms with Crippen molar-refractivity contribution in [2.75, 3.05) is 0 Å². The second-order valence-electron chi connectivity index (χ2n) is 5.29. The van der Waals surface area contributed by atoms with E-state index in [1.807, 2.05) is 0 Å². The molecule has 1 aliphatic rings. The maximum atomic E-state index is 9.78. The maximum Gasteiger partial charge on any atom is 1.00 e. The molecule has 15 heavy (non-hydrogen) atoms. The normalized spacial score (nSPS) is 24.5. The average molecular weight is 255 g/mol. The minimum absolute atomic E-state index is 0. The molecule has 0 bridgehead atoms. The van der Waals surface area contributed by atoms with E-state index in [0.29, 0.717) is 4.32 Å². The molecule has 1 rings (SSSR count). The molecule has 82 valence electrons. The summed E-state index contributed by atoms with van der Waals surface area (Å²) in [5, 5.41) is 9.78. The number of thiocarbonyl (C=S) groups is 1. The van der Waals surface area contributed by atoms with Crippen LogP contribution in [0, 0.1) is 0 Å². The van der Waals surface area contributed by atoms with Crippen LogP contribution in [0.3, 0.4) is 0 Å². The Bertz CT molecular complexity index is 238. The van der Waals surface area contributed by atoms with Gasteiger partial charge in [-0.1, -0.05) is 4.32 Å². The Balaban J connectivity index is 0.00000196. The van der Waals surface area contributed by atoms with Gasteiger partial charge in [0.15, 0.2) is 0 Å². The zero-order valence-corrected chi connectivity index (χ0v) is 13.8. The summed E-state index contributed by atoms with van der Waals surface area (Å²) in [4.78, 5) is 2.08. The Hall–Kier alpha value is 1.07. The first-order valence-electron chi connectivity index (χ1n) is 4.86. The van der Waals surface area contributed by atoms with Gasteiger partial charge in [0.05, 0.1) is 6.10 Å². The molecule has 1 aliphatic heterocycles. The van der Waals surface area contributed by atoms with E-state index < -0.39 is 0 Å². The second kappa shape index (κ2) is 5.15. The van der Waals surface area contributed by atoms with Crippen molar-refractivity contribution >= 4 is 29.2 Å². The molecular formula is C10H18NNaOS2. The van der Waals surface area contributed by atoms with Gasteiger partial charge in [-0.25, -0.2) is 0 Å². The van der Waals surface area contributed by atoms with Crippen LogP contribution in [0.1, 0.15) is 40.5 Å². The van der Waals surface area contributed by atoms with Crippen molar-refractivity contribution in [3.05, 3.63) is 0 Å². The quantitative estimate of drug-likeness (QED) is 0.335. The Kier molecular flexibility index (Phi) is 5.52. The van der Waals surface area contributed by atoms with E-state index in [2.05, 4.69) is 32.6 Å². The first-order chi connectivity index (χ1) is 6.17. The molecule has 1 N–H and O–H groups in total. The molecule has 0 aromatic heterocycles. The smallest absolute Gasteiger partial charge is 0.411 e. The van der Waals surface area contributed by atoms with Crippen LogP contribution < -0.4 is 29.6 Å².